The smallest absolute Gasteiger partial charge is 0.162 e. The second-order valence-electron chi connectivity index (χ2n) is 12.8. The third-order valence-corrected chi connectivity index (χ3v) is 9.16. The highest BCUT2D eigenvalue weighted by Crippen LogP contribution is 2.54. The highest BCUT2D eigenvalue weighted by molar-refractivity contribution is 9.10. The lowest BCUT2D eigenvalue weighted by Crippen LogP contribution is -2.45. The van der Waals surface area contributed by atoms with Crippen LogP contribution in [0.15, 0.2) is 69.5 Å². The predicted octanol–water partition coefficient (Wildman–Crippen LogP) is 8.01. The minimum Gasteiger partial charge on any atom is -0.488 e. The van der Waals surface area contributed by atoms with Crippen LogP contribution >= 0.6 is 27.5 Å². The molecule has 0 fully saturated rings. The Bertz CT molecular complexity index is 1370. The third-order valence-electron chi connectivity index (χ3n) is 8.17. The van der Waals surface area contributed by atoms with Crippen LogP contribution in [0, 0.1) is 10.8 Å². The SMILES string of the molecule is COCCN1C2=C(C(=O)CC(C)(C)C2)C(c2ccc(OCc3ccccc3Cl)c(Br)c2)C2=C1CC(C)(C)CC2=O. The van der Waals surface area contributed by atoms with E-state index in [9.17, 15) is 9.59 Å². The summed E-state index contributed by atoms with van der Waals surface area (Å²) < 4.78 is 12.4. The Kier molecular flexibility index (Phi) is 8.08. The van der Waals surface area contributed by atoms with Crippen molar-refractivity contribution in [2.75, 3.05) is 20.3 Å². The van der Waals surface area contributed by atoms with Crippen LogP contribution < -0.4 is 4.74 Å². The van der Waals surface area contributed by atoms with Crippen LogP contribution in [0.3, 0.4) is 0 Å². The molecule has 2 aromatic rings. The van der Waals surface area contributed by atoms with Crippen molar-refractivity contribution in [2.45, 2.75) is 65.9 Å². The van der Waals surface area contributed by atoms with Crippen molar-refractivity contribution < 1.29 is 19.1 Å². The Balaban J connectivity index is 1.60. The van der Waals surface area contributed by atoms with E-state index in [0.29, 0.717) is 43.4 Å². The molecule has 0 saturated carbocycles. The lowest BCUT2D eigenvalue weighted by atomic mass is 9.63. The molecule has 0 saturated heterocycles. The summed E-state index contributed by atoms with van der Waals surface area (Å²) in [4.78, 5) is 30.0. The first-order valence-corrected chi connectivity index (χ1v) is 15.0. The van der Waals surface area contributed by atoms with Crippen LogP contribution in [0.1, 0.15) is 70.4 Å². The van der Waals surface area contributed by atoms with Gasteiger partial charge in [0, 0.05) is 65.5 Å². The summed E-state index contributed by atoms with van der Waals surface area (Å²) in [6.07, 6.45) is 2.48. The Hall–Kier alpha value is -2.41. The van der Waals surface area contributed by atoms with Crippen molar-refractivity contribution in [3.05, 3.63) is 85.6 Å². The lowest BCUT2D eigenvalue weighted by Gasteiger charge is -2.49. The van der Waals surface area contributed by atoms with Crippen molar-refractivity contribution in [1.82, 2.24) is 4.90 Å². The van der Waals surface area contributed by atoms with Gasteiger partial charge in [0.2, 0.25) is 0 Å². The molecule has 0 spiro atoms. The molecule has 0 bridgehead atoms. The summed E-state index contributed by atoms with van der Waals surface area (Å²) >= 11 is 10.0. The molecular formula is C33H37BrClNO4. The first-order valence-electron chi connectivity index (χ1n) is 13.9. The highest BCUT2D eigenvalue weighted by atomic mass is 79.9. The number of methoxy groups -OCH3 is 1. The maximum atomic E-state index is 13.9. The molecule has 0 N–H and O–H groups in total. The minimum atomic E-state index is -0.398. The number of ether oxygens (including phenoxy) is 2. The van der Waals surface area contributed by atoms with Crippen molar-refractivity contribution in [3.8, 4) is 5.75 Å². The van der Waals surface area contributed by atoms with Crippen LogP contribution in [-0.2, 0) is 20.9 Å². The van der Waals surface area contributed by atoms with E-state index in [-0.39, 0.29) is 22.4 Å². The molecule has 0 aromatic heterocycles. The maximum Gasteiger partial charge on any atom is 0.162 e. The van der Waals surface area contributed by atoms with Gasteiger partial charge >= 0.3 is 0 Å². The summed E-state index contributed by atoms with van der Waals surface area (Å²) in [6.45, 7) is 10.1. The van der Waals surface area contributed by atoms with Gasteiger partial charge in [0.15, 0.2) is 11.6 Å². The Morgan fingerprint density at radius 1 is 0.925 bits per heavy atom. The average Bonchev–Trinajstić information content (AvgIpc) is 2.86. The molecule has 0 unspecified atom stereocenters. The monoisotopic (exact) mass is 625 g/mol. The normalized spacial score (nSPS) is 20.5. The fraction of sp³-hybridized carbons (Fsp3) is 0.455. The largest absolute Gasteiger partial charge is 0.488 e. The molecule has 0 amide bonds. The fourth-order valence-corrected chi connectivity index (χ4v) is 7.12. The van der Waals surface area contributed by atoms with Gasteiger partial charge < -0.3 is 14.4 Å². The zero-order valence-corrected chi connectivity index (χ0v) is 26.2. The predicted molar refractivity (Wildman–Crippen MR) is 161 cm³/mol. The molecule has 3 aliphatic rings. The molecule has 5 nitrogen and oxygen atoms in total. The van der Waals surface area contributed by atoms with Crippen LogP contribution in [0.25, 0.3) is 0 Å². The number of ketones is 2. The van der Waals surface area contributed by atoms with Gasteiger partial charge in [0.05, 0.1) is 11.1 Å². The van der Waals surface area contributed by atoms with Crippen LogP contribution in [0.2, 0.25) is 5.02 Å². The zero-order valence-electron chi connectivity index (χ0n) is 23.9. The Labute approximate surface area is 250 Å². The number of carbonyl (C=O) groups is 2. The lowest BCUT2D eigenvalue weighted by molar-refractivity contribution is -0.119. The molecule has 1 heterocycles. The number of carbonyl (C=O) groups excluding carboxylic acids is 2. The molecule has 2 aromatic carbocycles. The molecule has 0 radical (unpaired) electrons. The van der Waals surface area contributed by atoms with Gasteiger partial charge in [-0.2, -0.15) is 0 Å². The first kappa shape index (κ1) is 29.1. The van der Waals surface area contributed by atoms with E-state index < -0.39 is 5.92 Å². The van der Waals surface area contributed by atoms with Gasteiger partial charge in [-0.25, -0.2) is 0 Å². The fourth-order valence-electron chi connectivity index (χ4n) is 6.42. The number of benzene rings is 2. The molecule has 1 aliphatic heterocycles. The van der Waals surface area contributed by atoms with Crippen LogP contribution in [0.5, 0.6) is 5.75 Å². The summed E-state index contributed by atoms with van der Waals surface area (Å²) in [7, 11) is 1.69. The summed E-state index contributed by atoms with van der Waals surface area (Å²) in [5, 5.41) is 0.659. The second-order valence-corrected chi connectivity index (χ2v) is 14.0. The van der Waals surface area contributed by atoms with Crippen molar-refractivity contribution in [2.24, 2.45) is 10.8 Å². The highest BCUT2D eigenvalue weighted by Gasteiger charge is 2.48. The summed E-state index contributed by atoms with van der Waals surface area (Å²) in [6, 6.07) is 13.5. The molecule has 2 aliphatic carbocycles. The molecule has 0 atom stereocenters. The first-order chi connectivity index (χ1) is 18.9. The Morgan fingerprint density at radius 3 is 2.08 bits per heavy atom. The number of hydrogen-bond acceptors (Lipinski definition) is 5. The van der Waals surface area contributed by atoms with Gasteiger partial charge in [-0.1, -0.05) is 63.6 Å². The minimum absolute atomic E-state index is 0.123. The van der Waals surface area contributed by atoms with Gasteiger partial charge in [0.1, 0.15) is 12.4 Å². The van der Waals surface area contributed by atoms with E-state index in [1.165, 1.54) is 0 Å². The number of hydrogen-bond donors (Lipinski definition) is 0. The van der Waals surface area contributed by atoms with E-state index in [1.54, 1.807) is 7.11 Å². The number of nitrogens with zero attached hydrogens (tertiary/aromatic N) is 1. The summed E-state index contributed by atoms with van der Waals surface area (Å²) in [5.41, 5.74) is 5.12. The Morgan fingerprint density at radius 2 is 1.52 bits per heavy atom. The molecule has 7 heteroatoms. The average molecular weight is 627 g/mol. The quantitative estimate of drug-likeness (QED) is 0.312. The molecular weight excluding hydrogens is 590 g/mol. The van der Waals surface area contributed by atoms with Crippen molar-refractivity contribution >= 4 is 39.1 Å². The van der Waals surface area contributed by atoms with E-state index in [1.807, 2.05) is 42.5 Å². The number of allylic oxidation sites excluding steroid dienone is 4. The van der Waals surface area contributed by atoms with E-state index >= 15 is 0 Å². The van der Waals surface area contributed by atoms with Crippen LogP contribution in [-0.4, -0.2) is 36.7 Å². The van der Waals surface area contributed by atoms with Gasteiger partial charge in [-0.15, -0.1) is 0 Å². The zero-order chi connectivity index (χ0) is 28.8. The standard InChI is InChI=1S/C33H37BrClNO4/c1-32(2)15-24-30(26(37)17-32)29(31-25(36(24)12-13-39-5)16-33(3,4)18-27(31)38)20-10-11-28(22(34)14-20)40-19-21-8-6-7-9-23(21)35/h6-11,14,29H,12-13,15-19H2,1-5H3. The van der Waals surface area contributed by atoms with E-state index in [2.05, 4.69) is 48.5 Å². The van der Waals surface area contributed by atoms with Gasteiger partial charge in [0.25, 0.3) is 0 Å². The van der Waals surface area contributed by atoms with Gasteiger partial charge in [-0.3, -0.25) is 9.59 Å². The summed E-state index contributed by atoms with van der Waals surface area (Å²) in [5.74, 6) is 0.526. The molecule has 5 rings (SSSR count). The van der Waals surface area contributed by atoms with Gasteiger partial charge in [-0.05, 0) is 63.4 Å². The second kappa shape index (κ2) is 11.1. The van der Waals surface area contributed by atoms with Crippen LogP contribution in [0.4, 0.5) is 0 Å². The van der Waals surface area contributed by atoms with Crippen molar-refractivity contribution in [3.63, 3.8) is 0 Å². The van der Waals surface area contributed by atoms with E-state index in [0.717, 1.165) is 51.0 Å². The molecule has 212 valence electrons. The third kappa shape index (κ3) is 5.68. The van der Waals surface area contributed by atoms with Crippen molar-refractivity contribution in [1.29, 1.82) is 0 Å². The number of Topliss-reactive ketones (excluding diaryl/α,β-unsaturated/α-hetero) is 2. The number of rotatable bonds is 7. The number of halogens is 2. The topological polar surface area (TPSA) is 55.8 Å². The van der Waals surface area contributed by atoms with E-state index in [4.69, 9.17) is 21.1 Å². The maximum absolute atomic E-state index is 13.9. The molecule has 40 heavy (non-hydrogen) atoms.